The quantitative estimate of drug-likeness (QED) is 0.865. The lowest BCUT2D eigenvalue weighted by Gasteiger charge is -2.42. The maximum absolute atomic E-state index is 6.01. The minimum atomic E-state index is -0.0534. The zero-order valence-electron chi connectivity index (χ0n) is 13.4. The van der Waals surface area contributed by atoms with Crippen LogP contribution in [-0.4, -0.2) is 40.4 Å². The number of rotatable bonds is 4. The molecule has 6 heteroatoms. The summed E-state index contributed by atoms with van der Waals surface area (Å²) in [7, 11) is 0. The fourth-order valence-corrected chi connectivity index (χ4v) is 2.83. The SMILES string of the molecule is CCC1(CC)CN(c2ccc(-c3nc(C)no3)cn2)CCO1. The van der Waals surface area contributed by atoms with Crippen molar-refractivity contribution in [3.63, 3.8) is 0 Å². The minimum absolute atomic E-state index is 0.0534. The summed E-state index contributed by atoms with van der Waals surface area (Å²) in [5.74, 6) is 2.10. The molecule has 0 radical (unpaired) electrons. The Kier molecular flexibility index (Phi) is 4.11. The van der Waals surface area contributed by atoms with Crippen LogP contribution in [-0.2, 0) is 4.74 Å². The summed E-state index contributed by atoms with van der Waals surface area (Å²) in [6.45, 7) is 8.66. The number of pyridine rings is 1. The molecule has 0 N–H and O–H groups in total. The van der Waals surface area contributed by atoms with Crippen LogP contribution in [0.2, 0.25) is 0 Å². The van der Waals surface area contributed by atoms with Crippen LogP contribution in [0.15, 0.2) is 22.9 Å². The molecule has 0 saturated carbocycles. The molecular formula is C16H22N4O2. The lowest BCUT2D eigenvalue weighted by Crippen LogP contribution is -2.51. The van der Waals surface area contributed by atoms with Crippen molar-refractivity contribution in [2.75, 3.05) is 24.6 Å². The molecule has 0 aromatic carbocycles. The molecule has 0 spiro atoms. The van der Waals surface area contributed by atoms with Crippen molar-refractivity contribution in [1.82, 2.24) is 15.1 Å². The average molecular weight is 302 g/mol. The number of ether oxygens (including phenoxy) is 1. The molecule has 0 aliphatic carbocycles. The Morgan fingerprint density at radius 2 is 2.09 bits per heavy atom. The average Bonchev–Trinajstić information content (AvgIpc) is 3.01. The van der Waals surface area contributed by atoms with Gasteiger partial charge in [0.15, 0.2) is 5.82 Å². The highest BCUT2D eigenvalue weighted by Gasteiger charge is 2.33. The standard InChI is InChI=1S/C16H22N4O2/c1-4-16(5-2)11-20(8-9-21-16)14-7-6-13(10-17-14)15-18-12(3)19-22-15/h6-7,10H,4-5,8-9,11H2,1-3H3. The maximum Gasteiger partial charge on any atom is 0.259 e. The van der Waals surface area contributed by atoms with Gasteiger partial charge in [-0.1, -0.05) is 19.0 Å². The second-order valence-corrected chi connectivity index (χ2v) is 5.71. The van der Waals surface area contributed by atoms with Gasteiger partial charge in [0.25, 0.3) is 5.89 Å². The van der Waals surface area contributed by atoms with Gasteiger partial charge in [0.1, 0.15) is 5.82 Å². The molecule has 22 heavy (non-hydrogen) atoms. The number of hydrogen-bond acceptors (Lipinski definition) is 6. The second kappa shape index (κ2) is 6.04. The fourth-order valence-electron chi connectivity index (χ4n) is 2.83. The van der Waals surface area contributed by atoms with Gasteiger partial charge in [-0.3, -0.25) is 0 Å². The van der Waals surface area contributed by atoms with E-state index in [1.807, 2.05) is 12.1 Å². The lowest BCUT2D eigenvalue weighted by atomic mass is 9.95. The zero-order valence-corrected chi connectivity index (χ0v) is 13.4. The predicted octanol–water partition coefficient (Wildman–Crippen LogP) is 2.84. The van der Waals surface area contributed by atoms with E-state index >= 15 is 0 Å². The summed E-state index contributed by atoms with van der Waals surface area (Å²) >= 11 is 0. The molecule has 2 aromatic heterocycles. The smallest absolute Gasteiger partial charge is 0.259 e. The lowest BCUT2D eigenvalue weighted by molar-refractivity contribution is -0.0606. The van der Waals surface area contributed by atoms with E-state index in [1.54, 1.807) is 13.1 Å². The van der Waals surface area contributed by atoms with Crippen molar-refractivity contribution in [2.24, 2.45) is 0 Å². The molecule has 3 rings (SSSR count). The topological polar surface area (TPSA) is 64.3 Å². The summed E-state index contributed by atoms with van der Waals surface area (Å²) in [4.78, 5) is 11.1. The molecule has 3 heterocycles. The Morgan fingerprint density at radius 3 is 2.68 bits per heavy atom. The summed E-state index contributed by atoms with van der Waals surface area (Å²) in [6.07, 6.45) is 3.82. The number of aromatic nitrogens is 3. The van der Waals surface area contributed by atoms with E-state index in [4.69, 9.17) is 9.26 Å². The second-order valence-electron chi connectivity index (χ2n) is 5.71. The Bertz CT molecular complexity index is 619. The van der Waals surface area contributed by atoms with E-state index in [9.17, 15) is 0 Å². The first kappa shape index (κ1) is 15.0. The Balaban J connectivity index is 1.78. The molecule has 1 aliphatic rings. The van der Waals surface area contributed by atoms with Crippen LogP contribution >= 0.6 is 0 Å². The third-order valence-corrected chi connectivity index (χ3v) is 4.38. The number of aryl methyl sites for hydroxylation is 1. The molecule has 0 amide bonds. The van der Waals surface area contributed by atoms with Crippen molar-refractivity contribution in [3.05, 3.63) is 24.2 Å². The highest BCUT2D eigenvalue weighted by Crippen LogP contribution is 2.28. The van der Waals surface area contributed by atoms with Crippen molar-refractivity contribution in [3.8, 4) is 11.5 Å². The molecule has 6 nitrogen and oxygen atoms in total. The molecule has 118 valence electrons. The number of anilines is 1. The van der Waals surface area contributed by atoms with Crippen LogP contribution in [0, 0.1) is 6.92 Å². The van der Waals surface area contributed by atoms with Crippen molar-refractivity contribution in [1.29, 1.82) is 0 Å². The Labute approximate surface area is 130 Å². The molecule has 1 fully saturated rings. The van der Waals surface area contributed by atoms with Gasteiger partial charge in [0.2, 0.25) is 0 Å². The Hall–Kier alpha value is -1.95. The minimum Gasteiger partial charge on any atom is -0.371 e. The Morgan fingerprint density at radius 1 is 1.27 bits per heavy atom. The van der Waals surface area contributed by atoms with Gasteiger partial charge in [-0.25, -0.2) is 4.98 Å². The summed E-state index contributed by atoms with van der Waals surface area (Å²) in [5.41, 5.74) is 0.789. The van der Waals surface area contributed by atoms with Gasteiger partial charge in [0.05, 0.1) is 17.8 Å². The van der Waals surface area contributed by atoms with Crippen molar-refractivity contribution in [2.45, 2.75) is 39.2 Å². The van der Waals surface area contributed by atoms with Gasteiger partial charge < -0.3 is 14.2 Å². The van der Waals surface area contributed by atoms with E-state index in [0.717, 1.165) is 43.9 Å². The third kappa shape index (κ3) is 2.83. The molecule has 0 atom stereocenters. The van der Waals surface area contributed by atoms with Gasteiger partial charge >= 0.3 is 0 Å². The van der Waals surface area contributed by atoms with Gasteiger partial charge in [-0.2, -0.15) is 4.98 Å². The molecular weight excluding hydrogens is 280 g/mol. The molecule has 1 saturated heterocycles. The first-order valence-corrected chi connectivity index (χ1v) is 7.81. The van der Waals surface area contributed by atoms with E-state index in [2.05, 4.69) is 33.9 Å². The van der Waals surface area contributed by atoms with E-state index in [0.29, 0.717) is 11.7 Å². The predicted molar refractivity (Wildman–Crippen MR) is 83.7 cm³/mol. The monoisotopic (exact) mass is 302 g/mol. The summed E-state index contributed by atoms with van der Waals surface area (Å²) in [5, 5.41) is 3.81. The van der Waals surface area contributed by atoms with Gasteiger partial charge in [0, 0.05) is 19.3 Å². The van der Waals surface area contributed by atoms with Crippen LogP contribution in [0.4, 0.5) is 5.82 Å². The summed E-state index contributed by atoms with van der Waals surface area (Å²) < 4.78 is 11.2. The van der Waals surface area contributed by atoms with Crippen molar-refractivity contribution < 1.29 is 9.26 Å². The first-order valence-electron chi connectivity index (χ1n) is 7.81. The molecule has 0 bridgehead atoms. The van der Waals surface area contributed by atoms with Crippen LogP contribution in [0.3, 0.4) is 0 Å². The van der Waals surface area contributed by atoms with E-state index < -0.39 is 0 Å². The highest BCUT2D eigenvalue weighted by molar-refractivity contribution is 5.54. The highest BCUT2D eigenvalue weighted by atomic mass is 16.5. The van der Waals surface area contributed by atoms with Gasteiger partial charge in [-0.15, -0.1) is 0 Å². The van der Waals surface area contributed by atoms with Gasteiger partial charge in [-0.05, 0) is 31.9 Å². The maximum atomic E-state index is 6.01. The van der Waals surface area contributed by atoms with Crippen LogP contribution in [0.5, 0.6) is 0 Å². The van der Waals surface area contributed by atoms with Crippen molar-refractivity contribution >= 4 is 5.82 Å². The van der Waals surface area contributed by atoms with E-state index in [1.165, 1.54) is 0 Å². The van der Waals surface area contributed by atoms with E-state index in [-0.39, 0.29) is 5.60 Å². The number of nitrogens with zero attached hydrogens (tertiary/aromatic N) is 4. The first-order chi connectivity index (χ1) is 10.7. The zero-order chi connectivity index (χ0) is 15.6. The molecule has 1 aliphatic heterocycles. The summed E-state index contributed by atoms with van der Waals surface area (Å²) in [6, 6.07) is 3.99. The third-order valence-electron chi connectivity index (χ3n) is 4.38. The number of morpholine rings is 1. The largest absolute Gasteiger partial charge is 0.371 e. The fraction of sp³-hybridized carbons (Fsp3) is 0.562. The number of hydrogen-bond donors (Lipinski definition) is 0. The van der Waals surface area contributed by atoms with Crippen LogP contribution in [0.1, 0.15) is 32.5 Å². The normalized spacial score (nSPS) is 17.7. The molecule has 0 unspecified atom stereocenters. The molecule has 2 aromatic rings. The van der Waals surface area contributed by atoms with Crippen LogP contribution < -0.4 is 4.90 Å². The van der Waals surface area contributed by atoms with Crippen LogP contribution in [0.25, 0.3) is 11.5 Å².